The van der Waals surface area contributed by atoms with E-state index >= 15 is 0 Å². The molecule has 10 heteroatoms. The van der Waals surface area contributed by atoms with Gasteiger partial charge in [0.25, 0.3) is 11.0 Å². The molecule has 0 saturated carbocycles. The molecule has 2 aromatic heterocycles. The zero-order valence-corrected chi connectivity index (χ0v) is 10.5. The summed E-state index contributed by atoms with van der Waals surface area (Å²) in [5.74, 6) is 0. The normalized spacial score (nSPS) is 10.9. The van der Waals surface area contributed by atoms with Gasteiger partial charge in [0.15, 0.2) is 5.69 Å². The Morgan fingerprint density at radius 2 is 1.83 bits per heavy atom. The van der Waals surface area contributed by atoms with Gasteiger partial charge in [0.05, 0.1) is 10.3 Å². The number of hydrogen-bond donors (Lipinski definition) is 0. The number of nitro groups is 1. The summed E-state index contributed by atoms with van der Waals surface area (Å²) in [5.41, 5.74) is 1.14. The summed E-state index contributed by atoms with van der Waals surface area (Å²) in [5, 5.41) is 12.4. The van der Waals surface area contributed by atoms with E-state index in [2.05, 4.69) is 0 Å². The highest BCUT2D eigenvalue weighted by Crippen LogP contribution is 2.13. The van der Waals surface area contributed by atoms with Crippen LogP contribution >= 0.6 is 11.3 Å². The SMILES string of the molecule is Cc1csc2ccc([N+](=O)[O-])c[n+]12.[O-][Cl+3]([O-])([O-])[O-]. The summed E-state index contributed by atoms with van der Waals surface area (Å²) in [6.45, 7) is 1.92. The minimum absolute atomic E-state index is 0.124. The molecule has 0 spiro atoms. The van der Waals surface area contributed by atoms with E-state index in [1.165, 1.54) is 6.07 Å². The van der Waals surface area contributed by atoms with Crippen molar-refractivity contribution in [1.29, 1.82) is 0 Å². The molecule has 98 valence electrons. The van der Waals surface area contributed by atoms with Crippen LogP contribution < -0.4 is 23.0 Å². The van der Waals surface area contributed by atoms with Gasteiger partial charge in [-0.2, -0.15) is 0 Å². The first-order valence-electron chi connectivity index (χ1n) is 4.34. The Morgan fingerprint density at radius 1 is 1.28 bits per heavy atom. The van der Waals surface area contributed by atoms with E-state index < -0.39 is 10.2 Å². The number of rotatable bonds is 1. The number of aromatic nitrogens is 1. The van der Waals surface area contributed by atoms with Crippen molar-refractivity contribution in [1.82, 2.24) is 0 Å². The maximum Gasteiger partial charge on any atom is 0.332 e. The third-order valence-electron chi connectivity index (χ3n) is 1.84. The lowest BCUT2D eigenvalue weighted by molar-refractivity contribution is -2.00. The molecule has 0 aliphatic heterocycles. The van der Waals surface area contributed by atoms with Crippen LogP contribution in [0.2, 0.25) is 0 Å². The van der Waals surface area contributed by atoms with Crippen molar-refractivity contribution in [2.24, 2.45) is 0 Å². The van der Waals surface area contributed by atoms with Crippen LogP contribution in [-0.2, 0) is 0 Å². The number of fused-ring (bicyclic) bond motifs is 1. The van der Waals surface area contributed by atoms with Crippen LogP contribution in [0.1, 0.15) is 5.69 Å². The van der Waals surface area contributed by atoms with Crippen LogP contribution in [0, 0.1) is 27.3 Å². The van der Waals surface area contributed by atoms with Crippen molar-refractivity contribution in [3.8, 4) is 0 Å². The van der Waals surface area contributed by atoms with Crippen molar-refractivity contribution in [2.75, 3.05) is 0 Å². The monoisotopic (exact) mass is 294 g/mol. The molecule has 0 unspecified atom stereocenters. The van der Waals surface area contributed by atoms with Gasteiger partial charge in [-0.05, 0) is 0 Å². The molecule has 0 atom stereocenters. The molecule has 0 bridgehead atoms. The van der Waals surface area contributed by atoms with Gasteiger partial charge < -0.3 is 0 Å². The van der Waals surface area contributed by atoms with E-state index in [1.54, 1.807) is 23.6 Å². The van der Waals surface area contributed by atoms with E-state index in [4.69, 9.17) is 18.6 Å². The minimum Gasteiger partial charge on any atom is -0.258 e. The van der Waals surface area contributed by atoms with E-state index in [0.717, 1.165) is 10.5 Å². The number of hydrogen-bond acceptors (Lipinski definition) is 7. The Bertz CT molecular complexity index is 560. The zero-order valence-electron chi connectivity index (χ0n) is 8.94. The summed E-state index contributed by atoms with van der Waals surface area (Å²) in [6, 6.07) is 3.28. The minimum atomic E-state index is -4.94. The second-order valence-corrected chi connectivity index (χ2v) is 4.75. The Morgan fingerprint density at radius 3 is 2.33 bits per heavy atom. The molecule has 2 rings (SSSR count). The van der Waals surface area contributed by atoms with Gasteiger partial charge >= 0.3 is 5.69 Å². The summed E-state index contributed by atoms with van der Waals surface area (Å²) < 4.78 is 35.8. The summed E-state index contributed by atoms with van der Waals surface area (Å²) in [7, 11) is -4.94. The summed E-state index contributed by atoms with van der Waals surface area (Å²) in [6.07, 6.45) is 1.54. The molecule has 0 amide bonds. The molecule has 0 radical (unpaired) electrons. The first-order chi connectivity index (χ1) is 8.18. The fourth-order valence-corrected chi connectivity index (χ4v) is 2.02. The summed E-state index contributed by atoms with van der Waals surface area (Å²) >= 11 is 1.57. The highest BCUT2D eigenvalue weighted by Gasteiger charge is 2.15. The van der Waals surface area contributed by atoms with Crippen LogP contribution in [-0.4, -0.2) is 4.92 Å². The van der Waals surface area contributed by atoms with Crippen molar-refractivity contribution in [2.45, 2.75) is 6.92 Å². The highest BCUT2D eigenvalue weighted by atomic mass is 35.7. The fraction of sp³-hybridized carbons (Fsp3) is 0.125. The topological polar surface area (TPSA) is 139 Å². The van der Waals surface area contributed by atoms with Crippen LogP contribution in [0.25, 0.3) is 4.83 Å². The lowest BCUT2D eigenvalue weighted by Gasteiger charge is -2.17. The molecular weight excluding hydrogens is 288 g/mol. The highest BCUT2D eigenvalue weighted by molar-refractivity contribution is 7.15. The standard InChI is InChI=1S/C8H7N2O2S.ClHO4/c1-6-5-13-8-3-2-7(10(11)12)4-9(6)8;2-1(3,4)5/h2-5H,1H3;(H,2,3,4,5)/q+1;/p-1. The van der Waals surface area contributed by atoms with Crippen molar-refractivity contribution < 1.29 is 38.2 Å². The first-order valence-corrected chi connectivity index (χ1v) is 6.45. The van der Waals surface area contributed by atoms with Crippen molar-refractivity contribution in [3.05, 3.63) is 39.5 Å². The van der Waals surface area contributed by atoms with E-state index in [1.807, 2.05) is 16.7 Å². The quantitative estimate of drug-likeness (QED) is 0.311. The third kappa shape index (κ3) is 4.49. The number of halogens is 1. The van der Waals surface area contributed by atoms with Crippen LogP contribution in [0.3, 0.4) is 0 Å². The molecule has 0 aromatic carbocycles. The van der Waals surface area contributed by atoms with Crippen LogP contribution in [0.15, 0.2) is 23.7 Å². The number of pyridine rings is 1. The largest absolute Gasteiger partial charge is 0.332 e. The first kappa shape index (κ1) is 14.7. The molecular formula is C8H7ClN2O6S. The predicted molar refractivity (Wildman–Crippen MR) is 48.9 cm³/mol. The van der Waals surface area contributed by atoms with Gasteiger partial charge in [0.1, 0.15) is 0 Å². The Hall–Kier alpha value is -1.36. The van der Waals surface area contributed by atoms with Crippen molar-refractivity contribution >= 4 is 21.9 Å². The molecule has 0 aliphatic carbocycles. The van der Waals surface area contributed by atoms with Crippen LogP contribution in [0.4, 0.5) is 5.69 Å². The molecule has 0 N–H and O–H groups in total. The molecule has 2 heterocycles. The second-order valence-electron chi connectivity index (χ2n) is 3.11. The molecule has 0 fully saturated rings. The van der Waals surface area contributed by atoms with Gasteiger partial charge in [0, 0.05) is 19.1 Å². The maximum atomic E-state index is 10.5. The van der Waals surface area contributed by atoms with Gasteiger partial charge in [-0.3, -0.25) is 10.1 Å². The molecule has 2 aromatic rings. The Kier molecular flexibility index (Phi) is 4.51. The maximum absolute atomic E-state index is 10.5. The molecule has 8 nitrogen and oxygen atoms in total. The van der Waals surface area contributed by atoms with Crippen molar-refractivity contribution in [3.63, 3.8) is 0 Å². The smallest absolute Gasteiger partial charge is 0.258 e. The van der Waals surface area contributed by atoms with Gasteiger partial charge in [0.2, 0.25) is 0 Å². The average Bonchev–Trinajstić information content (AvgIpc) is 2.57. The lowest BCUT2D eigenvalue weighted by Crippen LogP contribution is -2.68. The number of thiazole rings is 1. The summed E-state index contributed by atoms with van der Waals surface area (Å²) in [4.78, 5) is 11.1. The Balaban J connectivity index is 0.000000280. The molecule has 0 saturated heterocycles. The van der Waals surface area contributed by atoms with Gasteiger partial charge in [-0.15, -0.1) is 14.6 Å². The predicted octanol–water partition coefficient (Wildman–Crippen LogP) is -3.05. The number of nitrogens with zero attached hydrogens (tertiary/aromatic N) is 2. The van der Waals surface area contributed by atoms with E-state index in [9.17, 15) is 10.1 Å². The number of aryl methyl sites for hydroxylation is 1. The third-order valence-corrected chi connectivity index (χ3v) is 2.87. The fourth-order valence-electron chi connectivity index (χ4n) is 1.16. The molecule has 0 aliphatic rings. The van der Waals surface area contributed by atoms with Gasteiger partial charge in [-0.25, -0.2) is 18.6 Å². The van der Waals surface area contributed by atoms with Gasteiger partial charge in [-0.1, -0.05) is 11.3 Å². The van der Waals surface area contributed by atoms with E-state index in [0.29, 0.717) is 0 Å². The zero-order chi connectivity index (χ0) is 13.9. The molecule has 18 heavy (non-hydrogen) atoms. The van der Waals surface area contributed by atoms with E-state index in [-0.39, 0.29) is 10.6 Å². The Labute approximate surface area is 107 Å². The lowest BCUT2D eigenvalue weighted by atomic mass is 10.4. The van der Waals surface area contributed by atoms with Crippen LogP contribution in [0.5, 0.6) is 0 Å². The second kappa shape index (κ2) is 5.52. The average molecular weight is 295 g/mol.